The summed E-state index contributed by atoms with van der Waals surface area (Å²) in [5.74, 6) is 1.12. The van der Waals surface area contributed by atoms with E-state index in [1.54, 1.807) is 32.0 Å². The molecule has 7 heteroatoms. The first-order chi connectivity index (χ1) is 16.5. The van der Waals surface area contributed by atoms with Crippen molar-refractivity contribution in [1.29, 1.82) is 0 Å². The number of amides is 1. The van der Waals surface area contributed by atoms with Crippen LogP contribution in [0.15, 0.2) is 62.3 Å². The molecule has 0 saturated heterocycles. The van der Waals surface area contributed by atoms with E-state index in [0.717, 1.165) is 44.1 Å². The van der Waals surface area contributed by atoms with Crippen molar-refractivity contribution in [1.82, 2.24) is 15.5 Å². The third kappa shape index (κ3) is 3.91. The molecule has 5 rings (SSSR count). The number of benzene rings is 2. The van der Waals surface area contributed by atoms with Gasteiger partial charge < -0.3 is 14.3 Å². The Morgan fingerprint density at radius 1 is 0.971 bits per heavy atom. The van der Waals surface area contributed by atoms with Crippen molar-refractivity contribution in [2.45, 2.75) is 57.9 Å². The Kier molecular flexibility index (Phi) is 5.77. The summed E-state index contributed by atoms with van der Waals surface area (Å²) in [5.41, 5.74) is 1.03. The predicted octanol–water partition coefficient (Wildman–Crippen LogP) is 5.44. The van der Waals surface area contributed by atoms with Crippen LogP contribution >= 0.6 is 0 Å². The number of carbonyl (C=O) groups is 1. The molecule has 0 bridgehead atoms. The summed E-state index contributed by atoms with van der Waals surface area (Å²) in [6, 6.07) is 14.6. The molecule has 1 fully saturated rings. The lowest BCUT2D eigenvalue weighted by Crippen LogP contribution is -2.46. The Labute approximate surface area is 197 Å². The Balaban J connectivity index is 1.61. The van der Waals surface area contributed by atoms with Gasteiger partial charge in [0.1, 0.15) is 11.3 Å². The van der Waals surface area contributed by atoms with Crippen molar-refractivity contribution in [3.8, 4) is 11.3 Å². The molecule has 0 aliphatic heterocycles. The molecule has 2 aromatic heterocycles. The van der Waals surface area contributed by atoms with Crippen molar-refractivity contribution in [3.63, 3.8) is 0 Å². The van der Waals surface area contributed by atoms with Crippen LogP contribution in [0.2, 0.25) is 0 Å². The summed E-state index contributed by atoms with van der Waals surface area (Å²) >= 11 is 0. The average molecular weight is 458 g/mol. The minimum Gasteiger partial charge on any atom is -0.455 e. The minimum absolute atomic E-state index is 0.146. The fourth-order valence-electron chi connectivity index (χ4n) is 4.87. The quantitative estimate of drug-likeness (QED) is 0.410. The summed E-state index contributed by atoms with van der Waals surface area (Å²) in [6.45, 7) is 3.50. The van der Waals surface area contributed by atoms with Crippen molar-refractivity contribution in [2.75, 3.05) is 0 Å². The predicted molar refractivity (Wildman–Crippen MR) is 129 cm³/mol. The van der Waals surface area contributed by atoms with E-state index in [0.29, 0.717) is 34.0 Å². The first-order valence-corrected chi connectivity index (χ1v) is 11.7. The summed E-state index contributed by atoms with van der Waals surface area (Å²) in [4.78, 5) is 31.4. The number of fused-ring (bicyclic) bond motifs is 1. The molecular formula is C27H27N3O4. The number of carbonyl (C=O) groups excluding carboxylic acids is 1. The first kappa shape index (κ1) is 22.1. The van der Waals surface area contributed by atoms with E-state index in [4.69, 9.17) is 8.94 Å². The van der Waals surface area contributed by atoms with Gasteiger partial charge in [-0.3, -0.25) is 9.59 Å². The van der Waals surface area contributed by atoms with E-state index in [-0.39, 0.29) is 16.9 Å². The van der Waals surface area contributed by atoms with Crippen LogP contribution < -0.4 is 10.7 Å². The maximum atomic E-state index is 13.7. The fourth-order valence-corrected chi connectivity index (χ4v) is 4.87. The second-order valence-corrected chi connectivity index (χ2v) is 9.02. The lowest BCUT2D eigenvalue weighted by Gasteiger charge is -2.30. The first-order valence-electron chi connectivity index (χ1n) is 11.7. The van der Waals surface area contributed by atoms with Crippen LogP contribution in [-0.4, -0.2) is 16.0 Å². The van der Waals surface area contributed by atoms with E-state index in [2.05, 4.69) is 15.5 Å². The second kappa shape index (κ2) is 8.89. The highest BCUT2D eigenvalue weighted by molar-refractivity contribution is 6.05. The topological polar surface area (TPSA) is 98.2 Å². The number of rotatable bonds is 4. The van der Waals surface area contributed by atoms with Gasteiger partial charge in [-0.25, -0.2) is 0 Å². The van der Waals surface area contributed by atoms with Gasteiger partial charge in [-0.05, 0) is 31.9 Å². The zero-order chi connectivity index (χ0) is 23.7. The molecule has 7 nitrogen and oxygen atoms in total. The number of aryl methyl sites for hydroxylation is 1. The van der Waals surface area contributed by atoms with Gasteiger partial charge in [-0.2, -0.15) is 4.98 Å². The highest BCUT2D eigenvalue weighted by Crippen LogP contribution is 2.35. The summed E-state index contributed by atoms with van der Waals surface area (Å²) in [7, 11) is 0. The molecule has 2 heterocycles. The van der Waals surface area contributed by atoms with Gasteiger partial charge in [0.2, 0.25) is 5.89 Å². The molecule has 1 saturated carbocycles. The average Bonchev–Trinajstić information content (AvgIpc) is 3.16. The van der Waals surface area contributed by atoms with Gasteiger partial charge >= 0.3 is 0 Å². The lowest BCUT2D eigenvalue weighted by molar-refractivity contribution is 0.0877. The number of hydrogen-bond acceptors (Lipinski definition) is 6. The summed E-state index contributed by atoms with van der Waals surface area (Å²) < 4.78 is 11.5. The fraction of sp³-hybridized carbons (Fsp3) is 0.333. The Hall–Kier alpha value is -3.74. The van der Waals surface area contributed by atoms with E-state index in [1.165, 1.54) is 0 Å². The Morgan fingerprint density at radius 2 is 1.71 bits per heavy atom. The van der Waals surface area contributed by atoms with Gasteiger partial charge in [-0.15, -0.1) is 0 Å². The summed E-state index contributed by atoms with van der Waals surface area (Å²) in [6.07, 6.45) is 5.54. The number of nitrogens with zero attached hydrogens (tertiary/aromatic N) is 2. The van der Waals surface area contributed by atoms with E-state index in [9.17, 15) is 9.59 Å². The molecule has 34 heavy (non-hydrogen) atoms. The van der Waals surface area contributed by atoms with Crippen molar-refractivity contribution >= 4 is 16.9 Å². The van der Waals surface area contributed by atoms with E-state index < -0.39 is 5.54 Å². The number of nitrogens with one attached hydrogen (secondary N) is 1. The highest BCUT2D eigenvalue weighted by atomic mass is 16.5. The monoisotopic (exact) mass is 457 g/mol. The zero-order valence-corrected chi connectivity index (χ0v) is 19.4. The van der Waals surface area contributed by atoms with Gasteiger partial charge in [0.05, 0.1) is 10.9 Å². The standard InChI is InChI=1S/C27H27N3O4/c1-17-22(31)20-13-10-14-21(24(20)33-23(17)19-11-6-5-7-12-19)25(32)29-27(15-8-3-4-9-16-27)26-28-18(2)34-30-26/h5-7,10-14H,3-4,8-9,15-16H2,1-2H3,(H,29,32). The molecule has 0 atom stereocenters. The number of aromatic nitrogens is 2. The lowest BCUT2D eigenvalue weighted by atomic mass is 9.88. The van der Waals surface area contributed by atoms with Crippen LogP contribution in [0, 0.1) is 13.8 Å². The molecule has 0 radical (unpaired) electrons. The van der Waals surface area contributed by atoms with E-state index in [1.807, 2.05) is 30.3 Å². The van der Waals surface area contributed by atoms with Crippen LogP contribution in [0.25, 0.3) is 22.3 Å². The van der Waals surface area contributed by atoms with E-state index >= 15 is 0 Å². The maximum Gasteiger partial charge on any atom is 0.255 e. The van der Waals surface area contributed by atoms with Gasteiger partial charge in [0, 0.05) is 18.1 Å². The summed E-state index contributed by atoms with van der Waals surface area (Å²) in [5, 5.41) is 7.77. The minimum atomic E-state index is -0.721. The molecule has 174 valence electrons. The number of hydrogen-bond donors (Lipinski definition) is 1. The Bertz CT molecular complexity index is 1400. The van der Waals surface area contributed by atoms with Gasteiger partial charge in [0.15, 0.2) is 16.8 Å². The maximum absolute atomic E-state index is 13.7. The third-order valence-corrected chi connectivity index (χ3v) is 6.69. The van der Waals surface area contributed by atoms with Crippen molar-refractivity contribution in [3.05, 3.63) is 81.6 Å². The molecule has 1 N–H and O–H groups in total. The SMILES string of the molecule is Cc1nc(C2(NC(=O)c3cccc4c(=O)c(C)c(-c5ccccc5)oc34)CCCCCC2)no1. The Morgan fingerprint density at radius 3 is 2.38 bits per heavy atom. The third-order valence-electron chi connectivity index (χ3n) is 6.69. The molecule has 2 aromatic carbocycles. The van der Waals surface area contributed by atoms with Crippen LogP contribution in [-0.2, 0) is 5.54 Å². The zero-order valence-electron chi connectivity index (χ0n) is 19.4. The van der Waals surface area contributed by atoms with Crippen LogP contribution in [0.5, 0.6) is 0 Å². The van der Waals surface area contributed by atoms with Crippen molar-refractivity contribution in [2.24, 2.45) is 0 Å². The van der Waals surface area contributed by atoms with Crippen LogP contribution in [0.1, 0.15) is 66.2 Å². The molecule has 1 amide bonds. The molecule has 1 aliphatic carbocycles. The van der Waals surface area contributed by atoms with Crippen LogP contribution in [0.4, 0.5) is 0 Å². The molecular weight excluding hydrogens is 430 g/mol. The molecule has 0 unspecified atom stereocenters. The highest BCUT2D eigenvalue weighted by Gasteiger charge is 2.39. The smallest absolute Gasteiger partial charge is 0.255 e. The normalized spacial score (nSPS) is 15.7. The second-order valence-electron chi connectivity index (χ2n) is 9.02. The molecule has 4 aromatic rings. The van der Waals surface area contributed by atoms with Gasteiger partial charge in [-0.1, -0.05) is 67.2 Å². The largest absolute Gasteiger partial charge is 0.455 e. The van der Waals surface area contributed by atoms with Crippen LogP contribution in [0.3, 0.4) is 0 Å². The van der Waals surface area contributed by atoms with Gasteiger partial charge in [0.25, 0.3) is 5.91 Å². The molecule has 1 aliphatic rings. The molecule has 0 spiro atoms. The van der Waals surface area contributed by atoms with Crippen molar-refractivity contribution < 1.29 is 13.7 Å². The number of para-hydroxylation sites is 1.